The zero-order valence-corrected chi connectivity index (χ0v) is 18.0. The van der Waals surface area contributed by atoms with Crippen molar-refractivity contribution in [3.63, 3.8) is 0 Å². The van der Waals surface area contributed by atoms with Gasteiger partial charge in [0.25, 0.3) is 0 Å². The molecule has 0 fully saturated rings. The monoisotopic (exact) mass is 442 g/mol. The highest BCUT2D eigenvalue weighted by atomic mass is 35.5. The van der Waals surface area contributed by atoms with Gasteiger partial charge in [0.15, 0.2) is 5.13 Å². The van der Waals surface area contributed by atoms with E-state index in [9.17, 15) is 9.18 Å². The Morgan fingerprint density at radius 1 is 1.23 bits per heavy atom. The summed E-state index contributed by atoms with van der Waals surface area (Å²) in [6.45, 7) is 3.19. The van der Waals surface area contributed by atoms with Crippen molar-refractivity contribution < 1.29 is 9.18 Å². The molecule has 2 heterocycles. The molecule has 1 amide bonds. The number of imidazole rings is 1. The first kappa shape index (κ1) is 20.5. The highest BCUT2D eigenvalue weighted by Gasteiger charge is 2.21. The lowest BCUT2D eigenvalue weighted by molar-refractivity contribution is -0.118. The van der Waals surface area contributed by atoms with Gasteiger partial charge in [-0.2, -0.15) is 0 Å². The molecule has 4 aromatic rings. The van der Waals surface area contributed by atoms with Crippen LogP contribution in [0.1, 0.15) is 17.5 Å². The molecule has 0 radical (unpaired) electrons. The molecule has 2 aromatic heterocycles. The Morgan fingerprint density at radius 3 is 2.77 bits per heavy atom. The second-order valence-corrected chi connectivity index (χ2v) is 8.43. The number of amides is 1. The summed E-state index contributed by atoms with van der Waals surface area (Å²) >= 11 is 7.72. The lowest BCUT2D eigenvalue weighted by Gasteiger charge is -2.20. The molecule has 0 aliphatic carbocycles. The molecule has 0 saturated carbocycles. The van der Waals surface area contributed by atoms with Gasteiger partial charge in [0, 0.05) is 30.5 Å². The lowest BCUT2D eigenvalue weighted by atomic mass is 10.1. The quantitative estimate of drug-likeness (QED) is 0.392. The molecule has 0 unspecified atom stereocenters. The van der Waals surface area contributed by atoms with Gasteiger partial charge < -0.3 is 4.57 Å². The maximum absolute atomic E-state index is 13.2. The second-order valence-electron chi connectivity index (χ2n) is 7.02. The average molecular weight is 443 g/mol. The van der Waals surface area contributed by atoms with Crippen LogP contribution in [0, 0.1) is 12.7 Å². The molecule has 4 rings (SSSR count). The Morgan fingerprint density at radius 2 is 2.03 bits per heavy atom. The first-order valence-electron chi connectivity index (χ1n) is 9.57. The number of hydrogen-bond donors (Lipinski definition) is 0. The van der Waals surface area contributed by atoms with Crippen LogP contribution in [0.5, 0.6) is 0 Å². The largest absolute Gasteiger partial charge is 0.337 e. The van der Waals surface area contributed by atoms with Gasteiger partial charge in [-0.1, -0.05) is 35.1 Å². The number of carbonyl (C=O) groups is 1. The third-order valence-electron chi connectivity index (χ3n) is 4.89. The fourth-order valence-electron chi connectivity index (χ4n) is 3.23. The van der Waals surface area contributed by atoms with E-state index < -0.39 is 0 Å². The van der Waals surface area contributed by atoms with Gasteiger partial charge in [-0.3, -0.25) is 9.69 Å². The second kappa shape index (κ2) is 8.93. The Hall–Kier alpha value is -2.77. The van der Waals surface area contributed by atoms with Crippen LogP contribution in [0.15, 0.2) is 55.1 Å². The minimum atomic E-state index is -0.318. The van der Waals surface area contributed by atoms with Crippen LogP contribution >= 0.6 is 22.9 Å². The Balaban J connectivity index is 1.59. The van der Waals surface area contributed by atoms with Crippen molar-refractivity contribution >= 4 is 44.2 Å². The molecule has 2 aromatic carbocycles. The van der Waals surface area contributed by atoms with Crippen LogP contribution in [0.3, 0.4) is 0 Å². The van der Waals surface area contributed by atoms with Crippen LogP contribution in [-0.2, 0) is 17.8 Å². The predicted octanol–water partition coefficient (Wildman–Crippen LogP) is 5.26. The van der Waals surface area contributed by atoms with Crippen molar-refractivity contribution in [1.82, 2.24) is 14.5 Å². The van der Waals surface area contributed by atoms with Crippen LogP contribution in [0.4, 0.5) is 9.52 Å². The van der Waals surface area contributed by atoms with Gasteiger partial charge in [0.05, 0.1) is 23.0 Å². The first-order valence-corrected chi connectivity index (χ1v) is 10.8. The van der Waals surface area contributed by atoms with E-state index in [1.54, 1.807) is 29.6 Å². The summed E-state index contributed by atoms with van der Waals surface area (Å²) < 4.78 is 16.2. The normalized spacial score (nSPS) is 11.2. The zero-order valence-electron chi connectivity index (χ0n) is 16.4. The standard InChI is InChI=1S/C22H20ClFN4OS/c1-15-18(23)7-8-19-21(15)26-22(30-19)28(11-2-10-27-12-9-25-14-27)20(29)13-16-3-5-17(24)6-4-16/h3-9,12,14H,2,10-11,13H2,1H3. The maximum atomic E-state index is 13.2. The van der Waals surface area contributed by atoms with Crippen molar-refractivity contribution in [1.29, 1.82) is 0 Å². The summed E-state index contributed by atoms with van der Waals surface area (Å²) in [6, 6.07) is 9.80. The number of halogens is 2. The molecule has 0 bridgehead atoms. The molecule has 0 saturated heterocycles. The van der Waals surface area contributed by atoms with Gasteiger partial charge >= 0.3 is 0 Å². The number of aromatic nitrogens is 3. The molecule has 154 valence electrons. The molecule has 0 N–H and O–H groups in total. The number of carbonyl (C=O) groups excluding carboxylic acids is 1. The average Bonchev–Trinajstić information content (AvgIpc) is 3.40. The van der Waals surface area contributed by atoms with Gasteiger partial charge in [0.2, 0.25) is 5.91 Å². The van der Waals surface area contributed by atoms with Gasteiger partial charge in [-0.15, -0.1) is 0 Å². The molecular formula is C22H20ClFN4OS. The zero-order chi connectivity index (χ0) is 21.1. The fourth-order valence-corrected chi connectivity index (χ4v) is 4.45. The number of thiazole rings is 1. The van der Waals surface area contributed by atoms with E-state index in [0.29, 0.717) is 16.7 Å². The minimum Gasteiger partial charge on any atom is -0.337 e. The molecule has 8 heteroatoms. The Kier molecular flexibility index (Phi) is 6.11. The molecular weight excluding hydrogens is 423 g/mol. The molecule has 30 heavy (non-hydrogen) atoms. The summed E-state index contributed by atoms with van der Waals surface area (Å²) in [5.41, 5.74) is 2.49. The number of anilines is 1. The summed E-state index contributed by atoms with van der Waals surface area (Å²) in [6.07, 6.45) is 6.32. The minimum absolute atomic E-state index is 0.0740. The lowest BCUT2D eigenvalue weighted by Crippen LogP contribution is -2.33. The van der Waals surface area contributed by atoms with E-state index in [-0.39, 0.29) is 18.1 Å². The van der Waals surface area contributed by atoms with Crippen molar-refractivity contribution in [2.45, 2.75) is 26.3 Å². The SMILES string of the molecule is Cc1c(Cl)ccc2sc(N(CCCn3ccnc3)C(=O)Cc3ccc(F)cc3)nc12. The smallest absolute Gasteiger partial charge is 0.233 e. The van der Waals surface area contributed by atoms with Crippen molar-refractivity contribution in [3.05, 3.63) is 77.1 Å². The Labute approximate surface area is 182 Å². The number of benzene rings is 2. The third-order valence-corrected chi connectivity index (χ3v) is 6.35. The molecule has 0 aliphatic heterocycles. The van der Waals surface area contributed by atoms with Crippen LogP contribution in [-0.4, -0.2) is 27.0 Å². The summed E-state index contributed by atoms with van der Waals surface area (Å²) in [7, 11) is 0. The van der Waals surface area contributed by atoms with Crippen molar-refractivity contribution in [3.8, 4) is 0 Å². The van der Waals surface area contributed by atoms with E-state index >= 15 is 0 Å². The van der Waals surface area contributed by atoms with Crippen molar-refractivity contribution in [2.75, 3.05) is 11.4 Å². The highest BCUT2D eigenvalue weighted by molar-refractivity contribution is 7.22. The number of rotatable bonds is 7. The van der Waals surface area contributed by atoms with Crippen molar-refractivity contribution in [2.24, 2.45) is 0 Å². The topological polar surface area (TPSA) is 51.0 Å². The fraction of sp³-hybridized carbons (Fsp3) is 0.227. The van der Waals surface area contributed by atoms with Crippen LogP contribution < -0.4 is 4.90 Å². The van der Waals surface area contributed by atoms with Gasteiger partial charge in [0.1, 0.15) is 5.82 Å². The van der Waals surface area contributed by atoms with E-state index in [0.717, 1.165) is 34.3 Å². The summed E-state index contributed by atoms with van der Waals surface area (Å²) in [5, 5.41) is 1.30. The van der Waals surface area contributed by atoms with E-state index in [2.05, 4.69) is 4.98 Å². The van der Waals surface area contributed by atoms with Crippen LogP contribution in [0.2, 0.25) is 5.02 Å². The van der Waals surface area contributed by atoms with Crippen LogP contribution in [0.25, 0.3) is 10.2 Å². The molecule has 0 spiro atoms. The number of hydrogen-bond acceptors (Lipinski definition) is 4. The Bertz CT molecular complexity index is 1160. The number of nitrogens with zero attached hydrogens (tertiary/aromatic N) is 4. The van der Waals surface area contributed by atoms with E-state index in [1.807, 2.05) is 29.8 Å². The predicted molar refractivity (Wildman–Crippen MR) is 119 cm³/mol. The highest BCUT2D eigenvalue weighted by Crippen LogP contribution is 2.34. The summed E-state index contributed by atoms with van der Waals surface area (Å²) in [4.78, 5) is 23.7. The third kappa shape index (κ3) is 4.52. The maximum Gasteiger partial charge on any atom is 0.233 e. The molecule has 0 atom stereocenters. The molecule has 5 nitrogen and oxygen atoms in total. The first-order chi connectivity index (χ1) is 14.5. The number of fused-ring (bicyclic) bond motifs is 1. The van der Waals surface area contributed by atoms with Gasteiger partial charge in [-0.05, 0) is 48.7 Å². The van der Waals surface area contributed by atoms with Gasteiger partial charge in [-0.25, -0.2) is 14.4 Å². The summed E-state index contributed by atoms with van der Waals surface area (Å²) in [5.74, 6) is -0.392. The number of aryl methyl sites for hydroxylation is 2. The van der Waals surface area contributed by atoms with E-state index in [4.69, 9.17) is 16.6 Å². The van der Waals surface area contributed by atoms with E-state index in [1.165, 1.54) is 23.5 Å². The molecule has 0 aliphatic rings.